The first-order chi connectivity index (χ1) is 24.9. The van der Waals surface area contributed by atoms with E-state index in [9.17, 15) is 18.9 Å². The van der Waals surface area contributed by atoms with Crippen molar-refractivity contribution in [3.8, 4) is 11.6 Å². The molecule has 1 fully saturated rings. The minimum absolute atomic E-state index is 0.0331. The lowest BCUT2D eigenvalue weighted by atomic mass is 9.68. The second-order valence-electron chi connectivity index (χ2n) is 14.7. The summed E-state index contributed by atoms with van der Waals surface area (Å²) in [5, 5.41) is 16.1. The molecule has 2 aromatic carbocycles. The maximum absolute atomic E-state index is 14.6. The van der Waals surface area contributed by atoms with Crippen molar-refractivity contribution in [2.24, 2.45) is 29.2 Å². The molecule has 1 aromatic heterocycles. The Kier molecular flexibility index (Phi) is 10.2. The average molecular weight is 752 g/mol. The molecule has 2 aliphatic carbocycles. The second kappa shape index (κ2) is 14.5. The SMILES string of the molecule is COc1nn(C)cc1C(=O)N[S@@]1(=O)=NC(=O)c2ccc3c(c2)N(C[C@@H]2CC[C@H]2[C@@H](OC)/C=C/[C@H](O)[C@H](C)C1)C[C@@]1(CCCc2cc(Cl)ccc21)CO3. The summed E-state index contributed by atoms with van der Waals surface area (Å²) in [4.78, 5) is 29.9. The van der Waals surface area contributed by atoms with E-state index < -0.39 is 33.8 Å². The van der Waals surface area contributed by atoms with Gasteiger partial charge in [-0.2, -0.15) is 0 Å². The summed E-state index contributed by atoms with van der Waals surface area (Å²) in [5.41, 5.74) is 3.17. The number of halogens is 1. The van der Waals surface area contributed by atoms with Gasteiger partial charge in [-0.3, -0.25) is 19.0 Å². The van der Waals surface area contributed by atoms with Crippen LogP contribution in [0.1, 0.15) is 64.4 Å². The largest absolute Gasteiger partial charge is 0.490 e. The zero-order valence-electron chi connectivity index (χ0n) is 29.9. The first-order valence-electron chi connectivity index (χ1n) is 17.8. The zero-order chi connectivity index (χ0) is 36.8. The summed E-state index contributed by atoms with van der Waals surface area (Å²) >= 11 is 6.45. The fourth-order valence-electron chi connectivity index (χ4n) is 8.31. The van der Waals surface area contributed by atoms with Crippen LogP contribution in [0.4, 0.5) is 5.69 Å². The highest BCUT2D eigenvalue weighted by Gasteiger charge is 2.44. The number of hydrogen-bond donors (Lipinski definition) is 2. The molecule has 7 atom stereocenters. The van der Waals surface area contributed by atoms with E-state index in [4.69, 9.17) is 25.8 Å². The van der Waals surface area contributed by atoms with Crippen LogP contribution in [0.3, 0.4) is 0 Å². The van der Waals surface area contributed by atoms with E-state index in [1.165, 1.54) is 29.1 Å². The van der Waals surface area contributed by atoms with Gasteiger partial charge in [-0.15, -0.1) is 9.46 Å². The average Bonchev–Trinajstić information content (AvgIpc) is 3.42. The quantitative estimate of drug-likeness (QED) is 0.348. The first-order valence-corrected chi connectivity index (χ1v) is 19.9. The van der Waals surface area contributed by atoms with E-state index >= 15 is 0 Å². The van der Waals surface area contributed by atoms with Gasteiger partial charge in [-0.25, -0.2) is 4.21 Å². The smallest absolute Gasteiger partial charge is 0.286 e. The highest BCUT2D eigenvalue weighted by atomic mass is 35.5. The fourth-order valence-corrected chi connectivity index (χ4v) is 10.4. The van der Waals surface area contributed by atoms with Crippen LogP contribution in [0.15, 0.2) is 59.1 Å². The van der Waals surface area contributed by atoms with Crippen molar-refractivity contribution in [2.75, 3.05) is 44.6 Å². The maximum atomic E-state index is 14.6. The van der Waals surface area contributed by atoms with Crippen molar-refractivity contribution in [3.05, 3.63) is 82.0 Å². The molecule has 52 heavy (non-hydrogen) atoms. The minimum atomic E-state index is -3.79. The molecule has 3 aromatic rings. The van der Waals surface area contributed by atoms with Gasteiger partial charge in [-0.05, 0) is 91.3 Å². The Labute approximate surface area is 309 Å². The fraction of sp³-hybridized carbons (Fsp3) is 0.500. The molecule has 4 aliphatic rings. The van der Waals surface area contributed by atoms with Gasteiger partial charge in [0.2, 0.25) is 5.88 Å². The Morgan fingerprint density at radius 3 is 2.75 bits per heavy atom. The Morgan fingerprint density at radius 2 is 2.00 bits per heavy atom. The van der Waals surface area contributed by atoms with Crippen molar-refractivity contribution < 1.29 is 33.1 Å². The summed E-state index contributed by atoms with van der Waals surface area (Å²) in [5.74, 6) is -1.29. The number of benzene rings is 2. The van der Waals surface area contributed by atoms with Gasteiger partial charge in [0.15, 0.2) is 0 Å². The predicted molar refractivity (Wildman–Crippen MR) is 199 cm³/mol. The lowest BCUT2D eigenvalue weighted by Crippen LogP contribution is -2.49. The molecule has 2 bridgehead atoms. The van der Waals surface area contributed by atoms with Crippen LogP contribution in [0.2, 0.25) is 5.02 Å². The Hall–Kier alpha value is -3.91. The number of aliphatic hydroxyl groups excluding tert-OH is 1. The monoisotopic (exact) mass is 751 g/mol. The lowest BCUT2D eigenvalue weighted by Gasteiger charge is -2.46. The number of aryl methyl sites for hydroxylation is 2. The third kappa shape index (κ3) is 7.07. The van der Waals surface area contributed by atoms with Crippen LogP contribution in [0, 0.1) is 17.8 Å². The van der Waals surface area contributed by atoms with Crippen molar-refractivity contribution in [1.29, 1.82) is 0 Å². The molecule has 2 N–H and O–H groups in total. The van der Waals surface area contributed by atoms with Gasteiger partial charge in [0, 0.05) is 49.4 Å². The van der Waals surface area contributed by atoms with Crippen LogP contribution < -0.4 is 19.1 Å². The van der Waals surface area contributed by atoms with Gasteiger partial charge in [0.05, 0.1) is 37.4 Å². The molecule has 2 aliphatic heterocycles. The molecular weight excluding hydrogens is 706 g/mol. The van der Waals surface area contributed by atoms with Crippen LogP contribution in [0.5, 0.6) is 11.6 Å². The third-order valence-corrected chi connectivity index (χ3v) is 13.4. The summed E-state index contributed by atoms with van der Waals surface area (Å²) in [6, 6.07) is 11.3. The van der Waals surface area contributed by atoms with Crippen molar-refractivity contribution in [3.63, 3.8) is 0 Å². The number of nitrogens with zero attached hydrogens (tertiary/aromatic N) is 4. The molecule has 0 unspecified atom stereocenters. The molecular formula is C38H46ClN5O7S. The number of carbonyl (C=O) groups excluding carboxylic acids is 2. The molecule has 7 rings (SSSR count). The topological polar surface area (TPSA) is 145 Å². The third-order valence-electron chi connectivity index (χ3n) is 11.2. The molecule has 1 spiro atoms. The van der Waals surface area contributed by atoms with Crippen molar-refractivity contribution in [1.82, 2.24) is 14.5 Å². The van der Waals surface area contributed by atoms with E-state index in [0.29, 0.717) is 30.5 Å². The number of aliphatic hydroxyl groups is 1. The Bertz CT molecular complexity index is 2030. The minimum Gasteiger partial charge on any atom is -0.490 e. The molecule has 0 saturated heterocycles. The number of rotatable bonds is 4. The van der Waals surface area contributed by atoms with E-state index in [2.05, 4.69) is 31.2 Å². The van der Waals surface area contributed by atoms with E-state index in [1.807, 2.05) is 12.1 Å². The van der Waals surface area contributed by atoms with Crippen molar-refractivity contribution in [2.45, 2.75) is 56.7 Å². The lowest BCUT2D eigenvalue weighted by molar-refractivity contribution is 0.0124. The number of amides is 2. The molecule has 2 amide bonds. The number of anilines is 1. The van der Waals surface area contributed by atoms with Gasteiger partial charge < -0.3 is 24.2 Å². The summed E-state index contributed by atoms with van der Waals surface area (Å²) < 4.78 is 40.6. The summed E-state index contributed by atoms with van der Waals surface area (Å²) in [6.45, 7) is 3.53. The molecule has 1 saturated carbocycles. The Morgan fingerprint density at radius 1 is 1.17 bits per heavy atom. The highest BCUT2D eigenvalue weighted by Crippen LogP contribution is 2.47. The van der Waals surface area contributed by atoms with E-state index in [1.54, 1.807) is 45.4 Å². The van der Waals surface area contributed by atoms with Gasteiger partial charge in [0.1, 0.15) is 21.2 Å². The zero-order valence-corrected chi connectivity index (χ0v) is 31.5. The van der Waals surface area contributed by atoms with Crippen LogP contribution in [-0.4, -0.2) is 82.8 Å². The number of carbonyl (C=O) groups is 2. The van der Waals surface area contributed by atoms with E-state index in [-0.39, 0.29) is 46.1 Å². The maximum Gasteiger partial charge on any atom is 0.286 e. The molecule has 12 nitrogen and oxygen atoms in total. The molecule has 3 heterocycles. The highest BCUT2D eigenvalue weighted by molar-refractivity contribution is 7.92. The van der Waals surface area contributed by atoms with Gasteiger partial charge in [-0.1, -0.05) is 36.7 Å². The number of aromatic nitrogens is 2. The number of hydrogen-bond acceptors (Lipinski definition) is 9. The van der Waals surface area contributed by atoms with Crippen LogP contribution >= 0.6 is 11.6 Å². The second-order valence-corrected chi connectivity index (χ2v) is 17.1. The van der Waals surface area contributed by atoms with Gasteiger partial charge in [0.25, 0.3) is 11.8 Å². The normalized spacial score (nSPS) is 30.8. The Balaban J connectivity index is 1.32. The summed E-state index contributed by atoms with van der Waals surface area (Å²) in [7, 11) is 0.890. The number of methoxy groups -OCH3 is 2. The van der Waals surface area contributed by atoms with Gasteiger partial charge >= 0.3 is 0 Å². The first kappa shape index (κ1) is 36.4. The standard InChI is InChI=1S/C38H46ClN5O7S/c1-23-20-52(48,42-36(47)29-19-43(2)40-37(29)50-4)41-35(46)25-8-13-34-31(17-25)44(18-26-7-10-28(26)33(49-3)14-12-32(23)45)21-38(22-51-34)15-5-6-24-16-27(39)9-11-30(24)38/h8-9,11-14,16-17,19,23,26,28,32-33,45H,5-7,10,15,18,20-22H2,1-4H3,(H,41,42,46,47,48)/b14-12+/t23-,26+,28-,32+,33+,38+,52+/m1/s1. The van der Waals surface area contributed by atoms with E-state index in [0.717, 1.165) is 37.8 Å². The number of fused-ring (bicyclic) bond motifs is 4. The predicted octanol–water partition coefficient (Wildman–Crippen LogP) is 5.12. The molecule has 14 heteroatoms. The molecule has 0 radical (unpaired) electrons. The van der Waals surface area contributed by atoms with Crippen LogP contribution in [-0.2, 0) is 33.5 Å². The summed E-state index contributed by atoms with van der Waals surface area (Å²) in [6.07, 6.45) is 8.55. The number of ether oxygens (including phenoxy) is 3. The van der Waals surface area contributed by atoms with Crippen LogP contribution in [0.25, 0.3) is 0 Å². The number of nitrogens with one attached hydrogen (secondary N) is 1. The molecule has 278 valence electrons. The van der Waals surface area contributed by atoms with Crippen molar-refractivity contribution >= 4 is 39.0 Å².